The van der Waals surface area contributed by atoms with Crippen LogP contribution >= 0.6 is 0 Å². The Morgan fingerprint density at radius 2 is 1.79 bits per heavy atom. The Bertz CT molecular complexity index is 1560. The van der Waals surface area contributed by atoms with Gasteiger partial charge in [-0.25, -0.2) is 4.79 Å². The zero-order valence-electron chi connectivity index (χ0n) is 20.6. The number of para-hydroxylation sites is 1. The molecular weight excluding hydrogens is 493 g/mol. The van der Waals surface area contributed by atoms with Gasteiger partial charge in [-0.1, -0.05) is 24.8 Å². The van der Waals surface area contributed by atoms with Gasteiger partial charge in [0.1, 0.15) is 17.1 Å². The van der Waals surface area contributed by atoms with Crippen molar-refractivity contribution in [3.05, 3.63) is 119 Å². The number of ether oxygens (including phenoxy) is 1. The van der Waals surface area contributed by atoms with Gasteiger partial charge in [0, 0.05) is 28.9 Å². The molecule has 0 spiro atoms. The van der Waals surface area contributed by atoms with Crippen LogP contribution in [0.3, 0.4) is 0 Å². The van der Waals surface area contributed by atoms with Gasteiger partial charge in [-0.05, 0) is 61.4 Å². The minimum absolute atomic E-state index is 0.171. The van der Waals surface area contributed by atoms with E-state index in [-0.39, 0.29) is 11.6 Å². The molecule has 1 atom stereocenters. The number of aromatic carboxylic acids is 1. The summed E-state index contributed by atoms with van der Waals surface area (Å²) in [4.78, 5) is 11.7. The third-order valence-electron chi connectivity index (χ3n) is 6.45. The molecule has 2 N–H and O–H groups in total. The minimum atomic E-state index is -4.38. The number of carboxylic acids is 1. The lowest BCUT2D eigenvalue weighted by atomic mass is 9.93. The second-order valence-electron chi connectivity index (χ2n) is 9.25. The van der Waals surface area contributed by atoms with Crippen LogP contribution < -0.4 is 10.1 Å². The average Bonchev–Trinajstić information content (AvgIpc) is 2.83. The van der Waals surface area contributed by atoms with Crippen molar-refractivity contribution in [1.82, 2.24) is 0 Å². The van der Waals surface area contributed by atoms with Crippen molar-refractivity contribution in [2.24, 2.45) is 0 Å². The Morgan fingerprint density at radius 1 is 1.11 bits per heavy atom. The number of anilines is 1. The molecule has 5 nitrogen and oxygen atoms in total. The van der Waals surface area contributed by atoms with Crippen molar-refractivity contribution in [1.29, 1.82) is 0 Å². The number of alkyl halides is 3. The van der Waals surface area contributed by atoms with Crippen LogP contribution in [0.2, 0.25) is 0 Å². The van der Waals surface area contributed by atoms with E-state index in [1.807, 2.05) is 32.1 Å². The number of hydrogen-bond donors (Lipinski definition) is 2. The van der Waals surface area contributed by atoms with Crippen LogP contribution in [0.1, 0.15) is 45.6 Å². The summed E-state index contributed by atoms with van der Waals surface area (Å²) in [6, 6.07) is 15.3. The Balaban J connectivity index is 1.40. The highest BCUT2D eigenvalue weighted by Crippen LogP contribution is 2.42. The smallest absolute Gasteiger partial charge is 0.416 e. The highest BCUT2D eigenvalue weighted by Gasteiger charge is 2.32. The molecular formula is C30H24F3N2O3+. The molecule has 0 saturated carbocycles. The van der Waals surface area contributed by atoms with E-state index in [9.17, 15) is 23.1 Å². The van der Waals surface area contributed by atoms with E-state index in [4.69, 9.17) is 4.74 Å². The van der Waals surface area contributed by atoms with Gasteiger partial charge in [0.05, 0.1) is 17.2 Å². The van der Waals surface area contributed by atoms with Gasteiger partial charge in [0.25, 0.3) is 0 Å². The molecule has 3 aromatic carbocycles. The van der Waals surface area contributed by atoms with E-state index < -0.39 is 17.7 Å². The quantitative estimate of drug-likeness (QED) is 0.333. The molecule has 0 radical (unpaired) electrons. The first-order chi connectivity index (χ1) is 18.0. The number of nitrogens with one attached hydrogen (secondary N) is 1. The SMILES string of the molecule is C=C1C=C(C2=C[N+](c3ccc(C(F)(F)F)cc3)=C2)Oc2c1cc(C)cc2C(C)Nc1ccccc1C(=O)O. The summed E-state index contributed by atoms with van der Waals surface area (Å²) in [6.07, 6.45) is 1.01. The van der Waals surface area contributed by atoms with Gasteiger partial charge in [0.15, 0.2) is 12.4 Å². The summed E-state index contributed by atoms with van der Waals surface area (Å²) in [5, 5.41) is 12.9. The number of hydrogen-bond acceptors (Lipinski definition) is 3. The molecule has 8 heteroatoms. The molecule has 3 aromatic rings. The Labute approximate surface area is 217 Å². The summed E-state index contributed by atoms with van der Waals surface area (Å²) < 4.78 is 46.7. The van der Waals surface area contributed by atoms with E-state index in [2.05, 4.69) is 11.9 Å². The molecule has 1 unspecified atom stereocenters. The molecule has 192 valence electrons. The standard InChI is InChI=1S/C30H23F3N2O3/c1-17-12-24-18(2)14-27(20-15-35(16-20)22-10-8-21(9-11-22)30(31,32)33)38-28(24)25(13-17)19(3)34-26-7-5-4-6-23(26)29(36)37/h4-16,19,34H,2H2,1,3H3/p+1. The number of carbonyl (C=O) groups is 1. The number of nitrogens with zero attached hydrogens (tertiary/aromatic N) is 1. The van der Waals surface area contributed by atoms with Crippen LogP contribution in [0.15, 0.2) is 90.9 Å². The first-order valence-corrected chi connectivity index (χ1v) is 11.9. The number of allylic oxidation sites excluding steroid dienone is 3. The highest BCUT2D eigenvalue weighted by molar-refractivity contribution is 5.94. The van der Waals surface area contributed by atoms with Gasteiger partial charge < -0.3 is 15.2 Å². The molecule has 0 aromatic heterocycles. The first-order valence-electron chi connectivity index (χ1n) is 11.9. The monoisotopic (exact) mass is 517 g/mol. The molecule has 5 rings (SSSR count). The highest BCUT2D eigenvalue weighted by atomic mass is 19.4. The van der Waals surface area contributed by atoms with Crippen LogP contribution in [0.5, 0.6) is 5.75 Å². The fourth-order valence-corrected chi connectivity index (χ4v) is 4.49. The Kier molecular flexibility index (Phi) is 6.18. The van der Waals surface area contributed by atoms with E-state index in [1.165, 1.54) is 12.1 Å². The third-order valence-corrected chi connectivity index (χ3v) is 6.45. The molecule has 2 heterocycles. The topological polar surface area (TPSA) is 61.6 Å². The van der Waals surface area contributed by atoms with Crippen molar-refractivity contribution in [2.75, 3.05) is 5.32 Å². The number of rotatable bonds is 6. The molecule has 0 bridgehead atoms. The fourth-order valence-electron chi connectivity index (χ4n) is 4.49. The van der Waals surface area contributed by atoms with E-state index in [0.717, 1.165) is 40.0 Å². The number of aryl methyl sites for hydroxylation is 1. The zero-order valence-corrected chi connectivity index (χ0v) is 20.6. The maximum Gasteiger partial charge on any atom is 0.416 e. The predicted octanol–water partition coefficient (Wildman–Crippen LogP) is 7.49. The van der Waals surface area contributed by atoms with Crippen molar-refractivity contribution >= 4 is 29.1 Å². The zero-order chi connectivity index (χ0) is 27.2. The second kappa shape index (κ2) is 9.37. The minimum Gasteiger partial charge on any atom is -0.478 e. The van der Waals surface area contributed by atoms with Crippen LogP contribution in [-0.4, -0.2) is 21.9 Å². The number of halogens is 3. The second-order valence-corrected chi connectivity index (χ2v) is 9.25. The summed E-state index contributed by atoms with van der Waals surface area (Å²) in [6.45, 7) is 8.10. The predicted molar refractivity (Wildman–Crippen MR) is 140 cm³/mol. The van der Waals surface area contributed by atoms with E-state index in [0.29, 0.717) is 22.9 Å². The Hall–Kier alpha value is -4.59. The molecule has 2 aliphatic heterocycles. The summed E-state index contributed by atoms with van der Waals surface area (Å²) in [5.74, 6) is 0.161. The summed E-state index contributed by atoms with van der Waals surface area (Å²) in [7, 11) is 0. The molecule has 0 aliphatic carbocycles. The fraction of sp³-hybridized carbons (Fsp3) is 0.133. The number of benzene rings is 3. The summed E-state index contributed by atoms with van der Waals surface area (Å²) >= 11 is 0. The van der Waals surface area contributed by atoms with Gasteiger partial charge in [-0.2, -0.15) is 17.7 Å². The van der Waals surface area contributed by atoms with Crippen LogP contribution in [0, 0.1) is 6.92 Å². The van der Waals surface area contributed by atoms with Gasteiger partial charge in [-0.3, -0.25) is 0 Å². The first kappa shape index (κ1) is 25.1. The third kappa shape index (κ3) is 4.72. The largest absolute Gasteiger partial charge is 0.478 e. The maximum absolute atomic E-state index is 12.9. The van der Waals surface area contributed by atoms with Crippen LogP contribution in [-0.2, 0) is 6.18 Å². The van der Waals surface area contributed by atoms with Crippen molar-refractivity contribution in [2.45, 2.75) is 26.1 Å². The normalized spacial score (nSPS) is 15.3. The lowest BCUT2D eigenvalue weighted by Gasteiger charge is -2.27. The van der Waals surface area contributed by atoms with Crippen molar-refractivity contribution in [3.63, 3.8) is 0 Å². The van der Waals surface area contributed by atoms with Crippen LogP contribution in [0.4, 0.5) is 24.5 Å². The molecule has 0 amide bonds. The van der Waals surface area contributed by atoms with E-state index in [1.54, 1.807) is 41.3 Å². The Morgan fingerprint density at radius 3 is 2.45 bits per heavy atom. The average molecular weight is 518 g/mol. The van der Waals surface area contributed by atoms with Gasteiger partial charge >= 0.3 is 12.1 Å². The maximum atomic E-state index is 12.9. The van der Waals surface area contributed by atoms with Gasteiger partial charge in [0.2, 0.25) is 5.69 Å². The van der Waals surface area contributed by atoms with E-state index >= 15 is 0 Å². The summed E-state index contributed by atoms with van der Waals surface area (Å²) in [5.41, 5.74) is 4.77. The van der Waals surface area contributed by atoms with Crippen molar-refractivity contribution in [3.8, 4) is 5.75 Å². The van der Waals surface area contributed by atoms with Crippen LogP contribution in [0.25, 0.3) is 5.57 Å². The number of fused-ring (bicyclic) bond motifs is 1. The lowest BCUT2D eigenvalue weighted by molar-refractivity contribution is -0.367. The number of carboxylic acid groups (broad SMARTS) is 1. The molecule has 2 aliphatic rings. The molecule has 0 saturated heterocycles. The molecule has 0 fully saturated rings. The molecule has 38 heavy (non-hydrogen) atoms. The van der Waals surface area contributed by atoms with Gasteiger partial charge in [-0.15, -0.1) is 0 Å². The lowest BCUT2D eigenvalue weighted by Crippen LogP contribution is -2.20. The van der Waals surface area contributed by atoms with Crippen molar-refractivity contribution < 1.29 is 32.4 Å².